The Labute approximate surface area is 138 Å². The van der Waals surface area contributed by atoms with Crippen LogP contribution in [0.5, 0.6) is 0 Å². The van der Waals surface area contributed by atoms with E-state index in [-0.39, 0.29) is 30.1 Å². The molecule has 0 aromatic rings. The Morgan fingerprint density at radius 3 is 2.48 bits per heavy atom. The molecule has 1 aliphatic heterocycles. The van der Waals surface area contributed by atoms with Gasteiger partial charge in [-0.1, -0.05) is 27.2 Å². The molecular weight excluding hydrogens is 294 g/mol. The number of ether oxygens (including phenoxy) is 1. The summed E-state index contributed by atoms with van der Waals surface area (Å²) in [5.74, 6) is -0.0588. The second-order valence-electron chi connectivity index (χ2n) is 7.64. The number of rotatable bonds is 4. The summed E-state index contributed by atoms with van der Waals surface area (Å²) in [6, 6.07) is 0. The molecule has 2 rings (SSSR count). The topological polar surface area (TPSA) is 63.7 Å². The molecule has 0 N–H and O–H groups in total. The Morgan fingerprint density at radius 2 is 1.91 bits per heavy atom. The van der Waals surface area contributed by atoms with Crippen LogP contribution in [-0.2, 0) is 19.1 Å². The van der Waals surface area contributed by atoms with E-state index in [1.165, 1.54) is 25.5 Å². The Morgan fingerprint density at radius 1 is 1.26 bits per heavy atom. The first-order valence-corrected chi connectivity index (χ1v) is 8.66. The average molecular weight is 323 g/mol. The Hall–Kier alpha value is -1.39. The minimum Gasteiger partial charge on any atom is -0.469 e. The molecule has 5 nitrogen and oxygen atoms in total. The lowest BCUT2D eigenvalue weighted by atomic mass is 9.63. The molecule has 2 fully saturated rings. The zero-order valence-corrected chi connectivity index (χ0v) is 14.9. The van der Waals surface area contributed by atoms with Gasteiger partial charge >= 0.3 is 5.97 Å². The third-order valence-electron chi connectivity index (χ3n) is 5.85. The van der Waals surface area contributed by atoms with Crippen LogP contribution in [0.4, 0.5) is 0 Å². The predicted octanol–water partition coefficient (Wildman–Crippen LogP) is 2.49. The Bertz CT molecular complexity index is 487. The zero-order chi connectivity index (χ0) is 17.3. The van der Waals surface area contributed by atoms with Crippen molar-refractivity contribution >= 4 is 17.8 Å². The van der Waals surface area contributed by atoms with Gasteiger partial charge in [0.1, 0.15) is 0 Å². The molecule has 0 aromatic carbocycles. The number of esters is 1. The Balaban J connectivity index is 2.32. The first-order valence-electron chi connectivity index (χ1n) is 8.66. The summed E-state index contributed by atoms with van der Waals surface area (Å²) in [5, 5.41) is 0. The molecule has 1 heterocycles. The van der Waals surface area contributed by atoms with Crippen LogP contribution in [0, 0.1) is 35.5 Å². The predicted molar refractivity (Wildman–Crippen MR) is 86.2 cm³/mol. The van der Waals surface area contributed by atoms with Crippen LogP contribution in [0.2, 0.25) is 0 Å². The van der Waals surface area contributed by atoms with E-state index in [0.29, 0.717) is 17.8 Å². The van der Waals surface area contributed by atoms with Gasteiger partial charge in [0.25, 0.3) is 0 Å². The highest BCUT2D eigenvalue weighted by Gasteiger charge is 2.52. The maximum Gasteiger partial charge on any atom is 0.306 e. The smallest absolute Gasteiger partial charge is 0.306 e. The van der Waals surface area contributed by atoms with Crippen molar-refractivity contribution in [3.63, 3.8) is 0 Å². The molecule has 0 unspecified atom stereocenters. The van der Waals surface area contributed by atoms with Gasteiger partial charge in [0.05, 0.1) is 25.4 Å². The third-order valence-corrected chi connectivity index (χ3v) is 5.85. The molecule has 1 saturated heterocycles. The largest absolute Gasteiger partial charge is 0.469 e. The maximum absolute atomic E-state index is 12.7. The minimum atomic E-state index is -0.559. The lowest BCUT2D eigenvalue weighted by molar-refractivity contribution is -0.145. The monoisotopic (exact) mass is 323 g/mol. The standard InChI is InChI=1S/C18H29NO4/c1-10(2)12-7-6-11(3)8-13(12)16-14(9-15(20)23-5)17(21)19(4)18(16)22/h10-14,16H,6-9H2,1-5H3/t11-,12-,13-,14-,16-/m1/s1. The van der Waals surface area contributed by atoms with Gasteiger partial charge in [-0.3, -0.25) is 19.3 Å². The average Bonchev–Trinajstić information content (AvgIpc) is 2.71. The summed E-state index contributed by atoms with van der Waals surface area (Å²) >= 11 is 0. The zero-order valence-electron chi connectivity index (χ0n) is 14.9. The molecule has 0 bridgehead atoms. The molecule has 1 saturated carbocycles. The van der Waals surface area contributed by atoms with Crippen LogP contribution in [0.15, 0.2) is 0 Å². The van der Waals surface area contributed by atoms with E-state index >= 15 is 0 Å². The van der Waals surface area contributed by atoms with Crippen molar-refractivity contribution in [2.45, 2.75) is 46.5 Å². The number of imide groups is 1. The summed E-state index contributed by atoms with van der Waals surface area (Å²) < 4.78 is 4.74. The lowest BCUT2D eigenvalue weighted by Gasteiger charge is -2.41. The van der Waals surface area contributed by atoms with Gasteiger partial charge in [0.15, 0.2) is 0 Å². The molecule has 23 heavy (non-hydrogen) atoms. The van der Waals surface area contributed by atoms with Crippen molar-refractivity contribution < 1.29 is 19.1 Å². The third kappa shape index (κ3) is 3.43. The van der Waals surface area contributed by atoms with E-state index in [1.807, 2.05) is 0 Å². The molecule has 5 heteroatoms. The van der Waals surface area contributed by atoms with E-state index in [2.05, 4.69) is 20.8 Å². The van der Waals surface area contributed by atoms with Crippen LogP contribution in [0.3, 0.4) is 0 Å². The van der Waals surface area contributed by atoms with E-state index < -0.39 is 11.9 Å². The molecule has 1 aliphatic carbocycles. The highest BCUT2D eigenvalue weighted by Crippen LogP contribution is 2.47. The van der Waals surface area contributed by atoms with Gasteiger partial charge in [-0.25, -0.2) is 0 Å². The molecule has 2 aliphatic rings. The van der Waals surface area contributed by atoms with Gasteiger partial charge in [0, 0.05) is 7.05 Å². The van der Waals surface area contributed by atoms with Crippen molar-refractivity contribution in [2.24, 2.45) is 35.5 Å². The number of hydrogen-bond donors (Lipinski definition) is 0. The number of nitrogens with zero attached hydrogens (tertiary/aromatic N) is 1. The number of amides is 2. The summed E-state index contributed by atoms with van der Waals surface area (Å²) in [4.78, 5) is 38.1. The number of carbonyl (C=O) groups is 3. The lowest BCUT2D eigenvalue weighted by Crippen LogP contribution is -2.39. The second kappa shape index (κ2) is 7.02. The molecule has 0 spiro atoms. The highest BCUT2D eigenvalue weighted by molar-refractivity contribution is 6.06. The van der Waals surface area contributed by atoms with Crippen LogP contribution in [0.25, 0.3) is 0 Å². The summed E-state index contributed by atoms with van der Waals surface area (Å²) in [6.45, 7) is 6.59. The minimum absolute atomic E-state index is 0.00573. The molecule has 130 valence electrons. The van der Waals surface area contributed by atoms with Crippen LogP contribution >= 0.6 is 0 Å². The Kier molecular flexibility index (Phi) is 5.48. The van der Waals surface area contributed by atoms with E-state index in [1.54, 1.807) is 0 Å². The fourth-order valence-electron chi connectivity index (χ4n) is 4.55. The molecule has 5 atom stereocenters. The highest BCUT2D eigenvalue weighted by atomic mass is 16.5. The fourth-order valence-corrected chi connectivity index (χ4v) is 4.55. The van der Waals surface area contributed by atoms with Gasteiger partial charge < -0.3 is 4.74 Å². The molecule has 2 amide bonds. The van der Waals surface area contributed by atoms with Gasteiger partial charge in [-0.2, -0.15) is 0 Å². The maximum atomic E-state index is 12.7. The number of likely N-dealkylation sites (tertiary alicyclic amines) is 1. The van der Waals surface area contributed by atoms with Crippen molar-refractivity contribution in [3.8, 4) is 0 Å². The first kappa shape index (κ1) is 18.0. The summed E-state index contributed by atoms with van der Waals surface area (Å²) in [5.41, 5.74) is 0. The molecular formula is C18H29NO4. The fraction of sp³-hybridized carbons (Fsp3) is 0.833. The quantitative estimate of drug-likeness (QED) is 0.589. The molecule has 0 radical (unpaired) electrons. The first-order chi connectivity index (χ1) is 10.8. The van der Waals surface area contributed by atoms with Gasteiger partial charge in [-0.05, 0) is 36.5 Å². The summed E-state index contributed by atoms with van der Waals surface area (Å²) in [6.07, 6.45) is 3.23. The molecule has 0 aromatic heterocycles. The van der Waals surface area contributed by atoms with Gasteiger partial charge in [0.2, 0.25) is 11.8 Å². The van der Waals surface area contributed by atoms with Crippen molar-refractivity contribution in [3.05, 3.63) is 0 Å². The number of carbonyl (C=O) groups excluding carboxylic acids is 3. The van der Waals surface area contributed by atoms with Crippen molar-refractivity contribution in [2.75, 3.05) is 14.2 Å². The number of hydrogen-bond acceptors (Lipinski definition) is 4. The van der Waals surface area contributed by atoms with Crippen LogP contribution in [0.1, 0.15) is 46.5 Å². The van der Waals surface area contributed by atoms with E-state index in [0.717, 1.165) is 12.8 Å². The summed E-state index contributed by atoms with van der Waals surface area (Å²) in [7, 11) is 2.85. The second-order valence-corrected chi connectivity index (χ2v) is 7.64. The number of methoxy groups -OCH3 is 1. The van der Waals surface area contributed by atoms with Crippen LogP contribution in [-0.4, -0.2) is 36.8 Å². The van der Waals surface area contributed by atoms with Crippen LogP contribution < -0.4 is 0 Å². The van der Waals surface area contributed by atoms with E-state index in [4.69, 9.17) is 4.74 Å². The SMILES string of the molecule is COC(=O)C[C@H]1C(=O)N(C)C(=O)[C@@H]1[C@@H]1C[C@H](C)CC[C@@H]1C(C)C. The normalized spacial score (nSPS) is 35.0. The van der Waals surface area contributed by atoms with Crippen molar-refractivity contribution in [1.29, 1.82) is 0 Å². The van der Waals surface area contributed by atoms with E-state index in [9.17, 15) is 14.4 Å². The van der Waals surface area contributed by atoms with Crippen molar-refractivity contribution in [1.82, 2.24) is 4.90 Å². The van der Waals surface area contributed by atoms with Gasteiger partial charge in [-0.15, -0.1) is 0 Å².